The third-order valence-corrected chi connectivity index (χ3v) is 3.92. The summed E-state index contributed by atoms with van der Waals surface area (Å²) in [6.45, 7) is 2.02. The summed E-state index contributed by atoms with van der Waals surface area (Å²) in [7, 11) is 0. The number of aryl methyl sites for hydroxylation is 1. The molecule has 2 aromatic carbocycles. The predicted molar refractivity (Wildman–Crippen MR) is 80.8 cm³/mol. The van der Waals surface area contributed by atoms with E-state index >= 15 is 0 Å². The second-order valence-electron chi connectivity index (χ2n) is 5.07. The van der Waals surface area contributed by atoms with E-state index in [1.54, 1.807) is 4.90 Å². The Kier molecular flexibility index (Phi) is 3.24. The van der Waals surface area contributed by atoms with Crippen molar-refractivity contribution in [2.75, 3.05) is 4.90 Å². The van der Waals surface area contributed by atoms with E-state index in [1.807, 2.05) is 55.5 Å². The van der Waals surface area contributed by atoms with E-state index in [4.69, 9.17) is 17.3 Å². The molecule has 1 saturated heterocycles. The molecular weight excluding hydrogens is 272 g/mol. The zero-order valence-corrected chi connectivity index (χ0v) is 11.8. The monoisotopic (exact) mass is 286 g/mol. The molecule has 0 radical (unpaired) electrons. The highest BCUT2D eigenvalue weighted by Gasteiger charge is 2.46. The van der Waals surface area contributed by atoms with Gasteiger partial charge in [-0.15, -0.1) is 0 Å². The van der Waals surface area contributed by atoms with Crippen LogP contribution in [0.5, 0.6) is 0 Å². The van der Waals surface area contributed by atoms with E-state index < -0.39 is 6.04 Å². The van der Waals surface area contributed by atoms with Crippen molar-refractivity contribution in [2.45, 2.75) is 19.0 Å². The molecule has 1 aliphatic rings. The molecular formula is C16H15ClN2O. The van der Waals surface area contributed by atoms with Gasteiger partial charge in [0, 0.05) is 10.7 Å². The van der Waals surface area contributed by atoms with Gasteiger partial charge in [0.05, 0.1) is 6.04 Å². The van der Waals surface area contributed by atoms with Crippen LogP contribution in [-0.4, -0.2) is 11.9 Å². The molecule has 0 unspecified atom stereocenters. The van der Waals surface area contributed by atoms with Crippen LogP contribution in [0.25, 0.3) is 0 Å². The van der Waals surface area contributed by atoms with Gasteiger partial charge in [-0.1, -0.05) is 41.4 Å². The first-order valence-corrected chi connectivity index (χ1v) is 6.86. The van der Waals surface area contributed by atoms with Crippen molar-refractivity contribution in [1.82, 2.24) is 0 Å². The fraction of sp³-hybridized carbons (Fsp3) is 0.188. The molecule has 2 N–H and O–H groups in total. The fourth-order valence-corrected chi connectivity index (χ4v) is 2.65. The van der Waals surface area contributed by atoms with Gasteiger partial charge >= 0.3 is 0 Å². The topological polar surface area (TPSA) is 46.3 Å². The van der Waals surface area contributed by atoms with Crippen molar-refractivity contribution in [3.63, 3.8) is 0 Å². The van der Waals surface area contributed by atoms with Crippen LogP contribution >= 0.6 is 11.6 Å². The van der Waals surface area contributed by atoms with Gasteiger partial charge in [0.2, 0.25) is 5.91 Å². The van der Waals surface area contributed by atoms with E-state index in [0.717, 1.165) is 16.8 Å². The van der Waals surface area contributed by atoms with Crippen LogP contribution in [0.1, 0.15) is 17.2 Å². The highest BCUT2D eigenvalue weighted by molar-refractivity contribution is 6.30. The number of hydrogen-bond acceptors (Lipinski definition) is 2. The molecule has 4 heteroatoms. The fourth-order valence-electron chi connectivity index (χ4n) is 2.52. The number of nitrogens with zero attached hydrogens (tertiary/aromatic N) is 1. The van der Waals surface area contributed by atoms with Crippen LogP contribution in [0, 0.1) is 6.92 Å². The molecule has 0 saturated carbocycles. The van der Waals surface area contributed by atoms with Gasteiger partial charge in [0.25, 0.3) is 0 Å². The summed E-state index contributed by atoms with van der Waals surface area (Å²) in [5.74, 6) is -0.0474. The summed E-state index contributed by atoms with van der Waals surface area (Å²) in [4.78, 5) is 13.8. The van der Waals surface area contributed by atoms with Gasteiger partial charge in [0.1, 0.15) is 6.04 Å². The number of anilines is 1. The summed E-state index contributed by atoms with van der Waals surface area (Å²) in [5, 5.41) is 0.676. The molecule has 1 aliphatic heterocycles. The van der Waals surface area contributed by atoms with Gasteiger partial charge < -0.3 is 10.6 Å². The molecule has 3 rings (SSSR count). The molecule has 2 atom stereocenters. The molecule has 0 aliphatic carbocycles. The van der Waals surface area contributed by atoms with E-state index in [9.17, 15) is 4.79 Å². The standard InChI is InChI=1S/C16H15ClN2O/c1-10-2-8-13(9-3-10)19-15(14(18)16(19)20)11-4-6-12(17)7-5-11/h2-9,14-15H,18H2,1H3/t14-,15-/m1/s1. The van der Waals surface area contributed by atoms with E-state index in [1.165, 1.54) is 0 Å². The smallest absolute Gasteiger partial charge is 0.247 e. The normalized spacial score (nSPS) is 21.8. The van der Waals surface area contributed by atoms with Crippen molar-refractivity contribution < 1.29 is 4.79 Å². The third-order valence-electron chi connectivity index (χ3n) is 3.66. The van der Waals surface area contributed by atoms with Crippen molar-refractivity contribution in [2.24, 2.45) is 5.73 Å². The van der Waals surface area contributed by atoms with Gasteiger partial charge in [0.15, 0.2) is 0 Å². The van der Waals surface area contributed by atoms with Crippen LogP contribution in [0.4, 0.5) is 5.69 Å². The Labute approximate surface area is 123 Å². The first-order valence-electron chi connectivity index (χ1n) is 6.49. The largest absolute Gasteiger partial charge is 0.318 e. The average Bonchev–Trinajstić information content (AvgIpc) is 2.46. The minimum absolute atomic E-state index is 0.0474. The van der Waals surface area contributed by atoms with E-state index in [2.05, 4.69) is 0 Å². The Morgan fingerprint density at radius 2 is 1.65 bits per heavy atom. The maximum atomic E-state index is 12.1. The molecule has 2 aromatic rings. The minimum Gasteiger partial charge on any atom is -0.318 e. The molecule has 1 heterocycles. The summed E-state index contributed by atoms with van der Waals surface area (Å²) in [5.41, 5.74) is 9.01. The van der Waals surface area contributed by atoms with Crippen molar-refractivity contribution in [3.05, 3.63) is 64.7 Å². The SMILES string of the molecule is Cc1ccc(N2C(=O)[C@H](N)[C@H]2c2ccc(Cl)cc2)cc1. The van der Waals surface area contributed by atoms with Crippen LogP contribution in [0.2, 0.25) is 5.02 Å². The average molecular weight is 287 g/mol. The van der Waals surface area contributed by atoms with Crippen molar-refractivity contribution in [3.8, 4) is 0 Å². The molecule has 1 amide bonds. The lowest BCUT2D eigenvalue weighted by molar-refractivity contribution is -0.126. The summed E-state index contributed by atoms with van der Waals surface area (Å²) in [6, 6.07) is 14.7. The Bertz CT molecular complexity index is 637. The highest BCUT2D eigenvalue weighted by atomic mass is 35.5. The lowest BCUT2D eigenvalue weighted by Gasteiger charge is -2.45. The molecule has 0 bridgehead atoms. The second kappa shape index (κ2) is 4.93. The highest BCUT2D eigenvalue weighted by Crippen LogP contribution is 2.38. The number of nitrogens with two attached hydrogens (primary N) is 1. The Hall–Kier alpha value is -1.84. The summed E-state index contributed by atoms with van der Waals surface area (Å²) in [6.07, 6.45) is 0. The predicted octanol–water partition coefficient (Wildman–Crippen LogP) is 3.06. The maximum absolute atomic E-state index is 12.1. The zero-order chi connectivity index (χ0) is 14.3. The first kappa shape index (κ1) is 13.2. The summed E-state index contributed by atoms with van der Waals surface area (Å²) < 4.78 is 0. The van der Waals surface area contributed by atoms with Crippen LogP contribution in [0.3, 0.4) is 0 Å². The number of rotatable bonds is 2. The van der Waals surface area contributed by atoms with Gasteiger partial charge in [-0.25, -0.2) is 0 Å². The van der Waals surface area contributed by atoms with E-state index in [0.29, 0.717) is 5.02 Å². The van der Waals surface area contributed by atoms with Gasteiger partial charge in [-0.3, -0.25) is 4.79 Å². The molecule has 1 fully saturated rings. The van der Waals surface area contributed by atoms with Crippen molar-refractivity contribution in [1.29, 1.82) is 0 Å². The lowest BCUT2D eigenvalue weighted by atomic mass is 9.88. The Balaban J connectivity index is 1.95. The number of carbonyl (C=O) groups excluding carboxylic acids is 1. The number of halogens is 1. The van der Waals surface area contributed by atoms with Gasteiger partial charge in [-0.2, -0.15) is 0 Å². The third kappa shape index (κ3) is 2.09. The van der Waals surface area contributed by atoms with Gasteiger partial charge in [-0.05, 0) is 36.8 Å². The molecule has 20 heavy (non-hydrogen) atoms. The minimum atomic E-state index is -0.488. The molecule has 3 nitrogen and oxygen atoms in total. The Morgan fingerprint density at radius 3 is 2.25 bits per heavy atom. The van der Waals surface area contributed by atoms with Crippen LogP contribution in [-0.2, 0) is 4.79 Å². The number of hydrogen-bond donors (Lipinski definition) is 1. The number of benzene rings is 2. The van der Waals surface area contributed by atoms with Crippen LogP contribution < -0.4 is 10.6 Å². The number of carbonyl (C=O) groups is 1. The number of amides is 1. The summed E-state index contributed by atoms with van der Waals surface area (Å²) >= 11 is 5.90. The molecule has 0 aromatic heterocycles. The first-order chi connectivity index (χ1) is 9.58. The maximum Gasteiger partial charge on any atom is 0.247 e. The Morgan fingerprint density at radius 1 is 1.05 bits per heavy atom. The number of β-lactam (4-membered cyclic amide) rings is 1. The van der Waals surface area contributed by atoms with E-state index in [-0.39, 0.29) is 11.9 Å². The van der Waals surface area contributed by atoms with Crippen LogP contribution in [0.15, 0.2) is 48.5 Å². The van der Waals surface area contributed by atoms with Crippen molar-refractivity contribution >= 4 is 23.2 Å². The quantitative estimate of drug-likeness (QED) is 0.863. The molecule has 102 valence electrons. The second-order valence-corrected chi connectivity index (χ2v) is 5.50. The molecule has 0 spiro atoms. The lowest BCUT2D eigenvalue weighted by Crippen LogP contribution is -2.63. The zero-order valence-electron chi connectivity index (χ0n) is 11.1.